The van der Waals surface area contributed by atoms with Gasteiger partial charge in [-0.1, -0.05) is 0 Å². The molecule has 0 radical (unpaired) electrons. The fourth-order valence-electron chi connectivity index (χ4n) is 1.98. The Labute approximate surface area is 118 Å². The number of esters is 1. The number of hydrogen-bond acceptors (Lipinski definition) is 3. The first-order valence-electron chi connectivity index (χ1n) is 6.12. The van der Waals surface area contributed by atoms with Gasteiger partial charge in [-0.2, -0.15) is 0 Å². The summed E-state index contributed by atoms with van der Waals surface area (Å²) in [5, 5.41) is 1.27. The van der Waals surface area contributed by atoms with Gasteiger partial charge in [0.05, 0.1) is 0 Å². The molecular weight excluding hydrogens is 307 g/mol. The first kappa shape index (κ1) is 14.0. The van der Waals surface area contributed by atoms with E-state index in [2.05, 4.69) is 18.6 Å². The summed E-state index contributed by atoms with van der Waals surface area (Å²) in [6.07, 6.45) is 0.359. The molecule has 4 heteroatoms. The molecule has 0 saturated carbocycles. The van der Waals surface area contributed by atoms with Gasteiger partial charge in [0.1, 0.15) is 0 Å². The maximum atomic E-state index is 12.0. The number of methoxy groups -OCH3 is 1. The molecule has 2 aromatic rings. The molecule has 0 amide bonds. The van der Waals surface area contributed by atoms with E-state index in [0.717, 1.165) is 0 Å². The van der Waals surface area contributed by atoms with Crippen molar-refractivity contribution in [2.75, 3.05) is 7.11 Å². The number of hydrogen-bond donors (Lipinski definition) is 0. The molecule has 0 aliphatic carbocycles. The second-order valence-corrected chi connectivity index (χ2v) is 7.13. The quantitative estimate of drug-likeness (QED) is 0.494. The van der Waals surface area contributed by atoms with Crippen molar-refractivity contribution in [3.63, 3.8) is 0 Å². The third kappa shape index (κ3) is 2.96. The van der Waals surface area contributed by atoms with E-state index in [9.17, 15) is 9.59 Å². The van der Waals surface area contributed by atoms with Crippen LogP contribution in [0.2, 0.25) is 0 Å². The molecule has 0 saturated heterocycles. The summed E-state index contributed by atoms with van der Waals surface area (Å²) in [4.78, 5) is 23.1. The van der Waals surface area contributed by atoms with Crippen LogP contribution in [0.1, 0.15) is 33.2 Å². The summed E-state index contributed by atoms with van der Waals surface area (Å²) in [6, 6.07) is 5.86. The molecule has 0 aliphatic rings. The number of carbonyl (C=O) groups excluding carboxylic acids is 2. The first-order chi connectivity index (χ1) is 9.02. The third-order valence-corrected chi connectivity index (χ3v) is 5.74. The number of Topliss-reactive ketones (excluding diaryl/α,β-unsaturated/α-hetero) is 1. The van der Waals surface area contributed by atoms with E-state index in [1.807, 2.05) is 18.2 Å². The SMILES string of the molecule is COC(=O)CCC(=O)c1ccc2c(C)c(C)[se]c2c1. The number of carbonyl (C=O) groups is 2. The van der Waals surface area contributed by atoms with E-state index < -0.39 is 0 Å². The summed E-state index contributed by atoms with van der Waals surface area (Å²) in [5.74, 6) is -0.335. The predicted molar refractivity (Wildman–Crippen MR) is 75.9 cm³/mol. The number of rotatable bonds is 4. The van der Waals surface area contributed by atoms with E-state index in [1.165, 1.54) is 26.8 Å². The van der Waals surface area contributed by atoms with Crippen LogP contribution in [0.3, 0.4) is 0 Å². The molecule has 0 fully saturated rings. The Hall–Kier alpha value is -1.38. The van der Waals surface area contributed by atoms with E-state index in [1.54, 1.807) is 0 Å². The van der Waals surface area contributed by atoms with E-state index >= 15 is 0 Å². The number of benzene rings is 1. The molecule has 1 aromatic carbocycles. The van der Waals surface area contributed by atoms with Crippen LogP contribution in [-0.4, -0.2) is 33.4 Å². The van der Waals surface area contributed by atoms with Crippen molar-refractivity contribution in [1.82, 2.24) is 0 Å². The van der Waals surface area contributed by atoms with Crippen LogP contribution in [0.15, 0.2) is 18.2 Å². The molecule has 19 heavy (non-hydrogen) atoms. The zero-order valence-electron chi connectivity index (χ0n) is 11.3. The van der Waals surface area contributed by atoms with Crippen molar-refractivity contribution in [2.24, 2.45) is 0 Å². The van der Waals surface area contributed by atoms with Crippen LogP contribution in [-0.2, 0) is 9.53 Å². The van der Waals surface area contributed by atoms with Crippen molar-refractivity contribution in [1.29, 1.82) is 0 Å². The normalized spacial score (nSPS) is 10.7. The van der Waals surface area contributed by atoms with Crippen LogP contribution in [0.25, 0.3) is 9.65 Å². The van der Waals surface area contributed by atoms with Gasteiger partial charge in [-0.3, -0.25) is 0 Å². The van der Waals surface area contributed by atoms with Crippen LogP contribution >= 0.6 is 0 Å². The Morgan fingerprint density at radius 2 is 1.95 bits per heavy atom. The van der Waals surface area contributed by atoms with E-state index in [4.69, 9.17) is 0 Å². The number of ketones is 1. The summed E-state index contributed by atoms with van der Waals surface area (Å²) < 4.78 is 7.23. The second-order valence-electron chi connectivity index (χ2n) is 4.49. The Bertz CT molecular complexity index is 640. The molecule has 0 N–H and O–H groups in total. The predicted octanol–water partition coefficient (Wildman–Crippen LogP) is 2.65. The summed E-state index contributed by atoms with van der Waals surface area (Å²) in [5.41, 5.74) is 2.04. The Morgan fingerprint density at radius 1 is 1.21 bits per heavy atom. The van der Waals surface area contributed by atoms with Crippen molar-refractivity contribution in [3.8, 4) is 0 Å². The Balaban J connectivity index is 2.21. The van der Waals surface area contributed by atoms with Crippen LogP contribution < -0.4 is 0 Å². The van der Waals surface area contributed by atoms with E-state index in [-0.39, 0.29) is 24.6 Å². The van der Waals surface area contributed by atoms with Crippen molar-refractivity contribution >= 4 is 35.9 Å². The summed E-state index contributed by atoms with van der Waals surface area (Å²) in [7, 11) is 1.34. The summed E-state index contributed by atoms with van der Waals surface area (Å²) in [6.45, 7) is 4.27. The fraction of sp³-hybridized carbons (Fsp3) is 0.333. The van der Waals surface area contributed by atoms with Gasteiger partial charge in [0.25, 0.3) is 0 Å². The first-order valence-corrected chi connectivity index (χ1v) is 7.84. The van der Waals surface area contributed by atoms with Gasteiger partial charge in [-0.15, -0.1) is 0 Å². The average molecular weight is 323 g/mol. The standard InChI is InChI=1S/C15H16O3Se/c1-9-10(2)19-14-8-11(4-5-12(9)14)13(16)6-7-15(17)18-3/h4-5,8H,6-7H2,1-3H3. The minimum atomic E-state index is -0.341. The zero-order chi connectivity index (χ0) is 14.0. The molecule has 100 valence electrons. The van der Waals surface area contributed by atoms with Crippen LogP contribution in [0.5, 0.6) is 0 Å². The molecule has 0 unspecified atom stereocenters. The molecular formula is C15H16O3Se. The van der Waals surface area contributed by atoms with Gasteiger partial charge in [0, 0.05) is 0 Å². The van der Waals surface area contributed by atoms with Gasteiger partial charge in [-0.25, -0.2) is 0 Å². The van der Waals surface area contributed by atoms with Crippen molar-refractivity contribution in [2.45, 2.75) is 26.7 Å². The second kappa shape index (κ2) is 5.72. The van der Waals surface area contributed by atoms with Gasteiger partial charge in [-0.05, 0) is 0 Å². The third-order valence-electron chi connectivity index (χ3n) is 3.28. The van der Waals surface area contributed by atoms with Crippen molar-refractivity contribution < 1.29 is 14.3 Å². The Morgan fingerprint density at radius 3 is 2.63 bits per heavy atom. The topological polar surface area (TPSA) is 43.4 Å². The number of aryl methyl sites for hydroxylation is 2. The molecule has 1 heterocycles. The van der Waals surface area contributed by atoms with Crippen LogP contribution in [0, 0.1) is 13.8 Å². The minimum absolute atomic E-state index is 0.00575. The number of ether oxygens (including phenoxy) is 1. The van der Waals surface area contributed by atoms with Gasteiger partial charge >= 0.3 is 118 Å². The van der Waals surface area contributed by atoms with E-state index in [0.29, 0.717) is 20.1 Å². The van der Waals surface area contributed by atoms with Crippen LogP contribution in [0.4, 0.5) is 0 Å². The molecule has 0 atom stereocenters. The molecule has 3 nitrogen and oxygen atoms in total. The number of fused-ring (bicyclic) bond motifs is 1. The summed E-state index contributed by atoms with van der Waals surface area (Å²) >= 11 is 0.331. The van der Waals surface area contributed by atoms with Crippen molar-refractivity contribution in [3.05, 3.63) is 33.8 Å². The fourth-order valence-corrected chi connectivity index (χ4v) is 4.31. The van der Waals surface area contributed by atoms with Gasteiger partial charge in [0.2, 0.25) is 0 Å². The monoisotopic (exact) mass is 324 g/mol. The zero-order valence-corrected chi connectivity index (χ0v) is 13.0. The van der Waals surface area contributed by atoms with Gasteiger partial charge < -0.3 is 0 Å². The molecule has 0 aliphatic heterocycles. The molecule has 0 bridgehead atoms. The maximum absolute atomic E-state index is 12.0. The molecule has 2 rings (SSSR count). The van der Waals surface area contributed by atoms with Gasteiger partial charge in [0.15, 0.2) is 0 Å². The average Bonchev–Trinajstić information content (AvgIpc) is 2.70. The Kier molecular flexibility index (Phi) is 4.23. The molecule has 0 spiro atoms. The molecule has 1 aromatic heterocycles.